The molecule has 0 spiro atoms. The van der Waals surface area contributed by atoms with Crippen molar-refractivity contribution in [3.63, 3.8) is 0 Å². The van der Waals surface area contributed by atoms with Gasteiger partial charge in [-0.3, -0.25) is 4.79 Å². The van der Waals surface area contributed by atoms with Crippen molar-refractivity contribution in [2.45, 2.75) is 37.7 Å². The molecule has 10 heteroatoms. The monoisotopic (exact) mass is 420 g/mol. The molecule has 1 aromatic carbocycles. The van der Waals surface area contributed by atoms with Crippen molar-refractivity contribution in [1.82, 2.24) is 0 Å². The number of hydrogen-bond donors (Lipinski definition) is 0. The maximum Gasteiger partial charge on any atom is 0.416 e. The van der Waals surface area contributed by atoms with Gasteiger partial charge in [0.25, 0.3) is 5.91 Å². The van der Waals surface area contributed by atoms with Crippen molar-refractivity contribution in [1.29, 1.82) is 0 Å². The largest absolute Gasteiger partial charge is 0.416 e. The van der Waals surface area contributed by atoms with E-state index in [1.165, 1.54) is 17.0 Å². The summed E-state index contributed by atoms with van der Waals surface area (Å²) in [6, 6.07) is 4.14. The summed E-state index contributed by atoms with van der Waals surface area (Å²) in [5.41, 5.74) is -0.639. The van der Waals surface area contributed by atoms with E-state index in [9.17, 15) is 26.4 Å². The number of carbonyl (C=O) groups is 1. The number of nitrogens with zero attached hydrogens (tertiary/aromatic N) is 2. The average Bonchev–Trinajstić information content (AvgIpc) is 3.04. The van der Waals surface area contributed by atoms with Gasteiger partial charge < -0.3 is 4.90 Å². The highest BCUT2D eigenvalue weighted by molar-refractivity contribution is 8.16. The lowest BCUT2D eigenvalue weighted by Crippen LogP contribution is -2.38. The minimum Gasteiger partial charge on any atom is -0.316 e. The molecule has 0 radical (unpaired) electrons. The van der Waals surface area contributed by atoms with Crippen molar-refractivity contribution in [2.24, 2.45) is 10.9 Å². The Morgan fingerprint density at radius 2 is 2.07 bits per heavy atom. The molecule has 148 valence electrons. The fourth-order valence-corrected chi connectivity index (χ4v) is 7.00. The number of benzene rings is 1. The third-order valence-electron chi connectivity index (χ3n) is 4.76. The van der Waals surface area contributed by atoms with E-state index >= 15 is 0 Å². The Hall–Kier alpha value is -1.55. The van der Waals surface area contributed by atoms with E-state index in [0.29, 0.717) is 6.42 Å². The lowest BCUT2D eigenvalue weighted by Gasteiger charge is -2.25. The van der Waals surface area contributed by atoms with E-state index in [0.717, 1.165) is 23.9 Å². The van der Waals surface area contributed by atoms with Gasteiger partial charge in [0.05, 0.1) is 23.1 Å². The lowest BCUT2D eigenvalue weighted by molar-refractivity contribution is -0.137. The predicted molar refractivity (Wildman–Crippen MR) is 99.6 cm³/mol. The first-order valence-electron chi connectivity index (χ1n) is 8.48. The quantitative estimate of drug-likeness (QED) is 0.750. The smallest absolute Gasteiger partial charge is 0.316 e. The summed E-state index contributed by atoms with van der Waals surface area (Å²) in [7, 11) is -3.28. The van der Waals surface area contributed by atoms with Crippen molar-refractivity contribution in [2.75, 3.05) is 16.4 Å². The van der Waals surface area contributed by atoms with Gasteiger partial charge in [0.15, 0.2) is 15.0 Å². The van der Waals surface area contributed by atoms with Crippen molar-refractivity contribution in [3.05, 3.63) is 29.8 Å². The van der Waals surface area contributed by atoms with Crippen LogP contribution in [0.1, 0.15) is 25.8 Å². The maximum absolute atomic E-state index is 13.1. The molecule has 0 bridgehead atoms. The number of anilines is 1. The summed E-state index contributed by atoms with van der Waals surface area (Å²) in [6.45, 7) is 3.57. The molecule has 5 nitrogen and oxygen atoms in total. The van der Waals surface area contributed by atoms with E-state index in [-0.39, 0.29) is 39.4 Å². The van der Waals surface area contributed by atoms with Gasteiger partial charge in [-0.05, 0) is 24.6 Å². The first-order chi connectivity index (χ1) is 12.5. The van der Waals surface area contributed by atoms with Crippen LogP contribution < -0.4 is 4.90 Å². The molecule has 2 aliphatic heterocycles. The molecule has 0 aromatic heterocycles. The summed E-state index contributed by atoms with van der Waals surface area (Å²) in [5.74, 6) is -0.920. The number of thioether (sulfide) groups is 1. The number of alkyl halides is 3. The SMILES string of the molecule is CC[C@H](C)C(=O)N=C1S[C@H]2CS(=O)(=O)C[C@@H]2N1c1cccc(C(F)(F)F)c1. The Kier molecular flexibility index (Phi) is 5.33. The number of halogens is 3. The molecular weight excluding hydrogens is 401 g/mol. The molecule has 0 unspecified atom stereocenters. The Morgan fingerprint density at radius 3 is 2.70 bits per heavy atom. The Labute approximate surface area is 159 Å². The molecule has 27 heavy (non-hydrogen) atoms. The zero-order valence-electron chi connectivity index (χ0n) is 14.7. The Bertz CT molecular complexity index is 884. The maximum atomic E-state index is 13.1. The van der Waals surface area contributed by atoms with E-state index in [4.69, 9.17) is 0 Å². The number of amides is 1. The topological polar surface area (TPSA) is 66.8 Å². The van der Waals surface area contributed by atoms with Crippen LogP contribution in [0.15, 0.2) is 29.3 Å². The van der Waals surface area contributed by atoms with Crippen molar-refractivity contribution < 1.29 is 26.4 Å². The van der Waals surface area contributed by atoms with Crippen molar-refractivity contribution >= 4 is 38.4 Å². The van der Waals surface area contributed by atoms with Crippen LogP contribution >= 0.6 is 11.8 Å². The first kappa shape index (κ1) is 20.2. The Morgan fingerprint density at radius 1 is 1.37 bits per heavy atom. The number of rotatable bonds is 3. The van der Waals surface area contributed by atoms with Crippen LogP contribution in [0.2, 0.25) is 0 Å². The van der Waals surface area contributed by atoms with Crippen LogP contribution in [0.5, 0.6) is 0 Å². The van der Waals surface area contributed by atoms with Gasteiger partial charge in [0.2, 0.25) is 0 Å². The minimum atomic E-state index is -4.52. The molecule has 0 saturated carbocycles. The third-order valence-corrected chi connectivity index (χ3v) is 7.97. The fourth-order valence-electron chi connectivity index (χ4n) is 3.08. The summed E-state index contributed by atoms with van der Waals surface area (Å²) < 4.78 is 63.3. The van der Waals surface area contributed by atoms with Gasteiger partial charge in [-0.1, -0.05) is 31.7 Å². The Balaban J connectivity index is 2.04. The van der Waals surface area contributed by atoms with E-state index in [2.05, 4.69) is 4.99 Å². The van der Waals surface area contributed by atoms with E-state index in [1.54, 1.807) is 6.92 Å². The molecule has 0 aliphatic carbocycles. The van der Waals surface area contributed by atoms with E-state index < -0.39 is 27.6 Å². The summed E-state index contributed by atoms with van der Waals surface area (Å²) in [6.07, 6.45) is -3.93. The second-order valence-electron chi connectivity index (χ2n) is 6.76. The second kappa shape index (κ2) is 7.12. The van der Waals surface area contributed by atoms with Crippen LogP contribution in [0.4, 0.5) is 18.9 Å². The molecule has 3 rings (SSSR count). The van der Waals surface area contributed by atoms with Gasteiger partial charge in [0, 0.05) is 16.9 Å². The summed E-state index contributed by atoms with van der Waals surface area (Å²) in [5, 5.41) is -0.0856. The molecule has 2 heterocycles. The molecule has 1 amide bonds. The molecular formula is C17H19F3N2O3S2. The average molecular weight is 420 g/mol. The number of carbonyl (C=O) groups excluding carboxylic acids is 1. The standard InChI is InChI=1S/C17H19F3N2O3S2/c1-3-10(2)15(23)21-16-22(13-8-27(24,25)9-14(13)26-16)12-6-4-5-11(7-12)17(18,19)20/h4-7,10,13-14H,3,8-9H2,1-2H3/t10-,13-,14-/m0/s1. The first-order valence-corrected chi connectivity index (χ1v) is 11.2. The summed E-state index contributed by atoms with van der Waals surface area (Å²) in [4.78, 5) is 17.9. The minimum absolute atomic E-state index is 0.0751. The highest BCUT2D eigenvalue weighted by Gasteiger charge is 2.49. The zero-order valence-corrected chi connectivity index (χ0v) is 16.4. The number of aliphatic imine (C=N–C) groups is 1. The molecule has 2 saturated heterocycles. The number of amidine groups is 1. The van der Waals surface area contributed by atoms with Gasteiger partial charge in [-0.15, -0.1) is 0 Å². The fraction of sp³-hybridized carbons (Fsp3) is 0.529. The van der Waals surface area contributed by atoms with Gasteiger partial charge >= 0.3 is 6.18 Å². The second-order valence-corrected chi connectivity index (χ2v) is 10.1. The highest BCUT2D eigenvalue weighted by atomic mass is 32.2. The van der Waals surface area contributed by atoms with Crippen LogP contribution in [0.25, 0.3) is 0 Å². The number of sulfone groups is 1. The zero-order chi connectivity index (χ0) is 20.0. The van der Waals surface area contributed by atoms with Crippen LogP contribution in [0, 0.1) is 5.92 Å². The van der Waals surface area contributed by atoms with Gasteiger partial charge in [-0.25, -0.2) is 8.42 Å². The third kappa shape index (κ3) is 4.16. The lowest BCUT2D eigenvalue weighted by atomic mass is 10.1. The van der Waals surface area contributed by atoms with Gasteiger partial charge in [0.1, 0.15) is 0 Å². The van der Waals surface area contributed by atoms with Crippen LogP contribution in [0.3, 0.4) is 0 Å². The summed E-state index contributed by atoms with van der Waals surface area (Å²) >= 11 is 1.15. The normalized spacial score (nSPS) is 27.0. The van der Waals surface area contributed by atoms with Crippen molar-refractivity contribution in [3.8, 4) is 0 Å². The van der Waals surface area contributed by atoms with Crippen LogP contribution in [-0.4, -0.2) is 42.3 Å². The number of fused-ring (bicyclic) bond motifs is 1. The highest BCUT2D eigenvalue weighted by Crippen LogP contribution is 2.42. The molecule has 2 aliphatic rings. The molecule has 2 fully saturated rings. The molecule has 3 atom stereocenters. The molecule has 0 N–H and O–H groups in total. The van der Waals surface area contributed by atoms with Gasteiger partial charge in [-0.2, -0.15) is 18.2 Å². The predicted octanol–water partition coefficient (Wildman–Crippen LogP) is 3.35. The van der Waals surface area contributed by atoms with Crippen LogP contribution in [-0.2, 0) is 20.8 Å². The number of hydrogen-bond acceptors (Lipinski definition) is 4. The molecule has 1 aromatic rings. The van der Waals surface area contributed by atoms with E-state index in [1.807, 2.05) is 6.92 Å².